The lowest BCUT2D eigenvalue weighted by Crippen LogP contribution is -2.44. The normalized spacial score (nSPS) is 15.8. The van der Waals surface area contributed by atoms with Crippen LogP contribution in [0.4, 0.5) is 0 Å². The van der Waals surface area contributed by atoms with Crippen LogP contribution in [0.3, 0.4) is 0 Å². The molecule has 0 atom stereocenters. The molecule has 28 heavy (non-hydrogen) atoms. The number of H-pyrrole nitrogens is 1. The van der Waals surface area contributed by atoms with E-state index in [2.05, 4.69) is 81.6 Å². The zero-order valence-corrected chi connectivity index (χ0v) is 16.6. The molecule has 0 bridgehead atoms. The number of aromatic nitrogens is 2. The van der Waals surface area contributed by atoms with Crippen molar-refractivity contribution in [1.82, 2.24) is 20.1 Å². The van der Waals surface area contributed by atoms with Crippen LogP contribution in [0.5, 0.6) is 0 Å². The van der Waals surface area contributed by atoms with Crippen molar-refractivity contribution in [3.8, 4) is 0 Å². The Labute approximate surface area is 166 Å². The van der Waals surface area contributed by atoms with Gasteiger partial charge in [0.15, 0.2) is 0 Å². The smallest absolute Gasteiger partial charge is 0.101 e. The van der Waals surface area contributed by atoms with Gasteiger partial charge in [0.2, 0.25) is 0 Å². The van der Waals surface area contributed by atoms with Crippen LogP contribution in [0.15, 0.2) is 65.8 Å². The molecule has 0 radical (unpaired) electrons. The predicted molar refractivity (Wildman–Crippen MR) is 113 cm³/mol. The molecule has 0 spiro atoms. The first-order valence-corrected chi connectivity index (χ1v) is 9.88. The minimum absolute atomic E-state index is 0.930. The van der Waals surface area contributed by atoms with Gasteiger partial charge in [0.1, 0.15) is 5.71 Å². The van der Waals surface area contributed by atoms with Crippen LogP contribution in [-0.2, 0) is 6.54 Å². The lowest BCUT2D eigenvalue weighted by molar-refractivity contribution is 0.131. The van der Waals surface area contributed by atoms with E-state index in [0.29, 0.717) is 0 Å². The second kappa shape index (κ2) is 8.40. The molecular weight excluding hydrogens is 346 g/mol. The molecule has 5 heteroatoms. The quantitative estimate of drug-likeness (QED) is 0.695. The second-order valence-corrected chi connectivity index (χ2v) is 7.34. The van der Waals surface area contributed by atoms with Crippen LogP contribution in [0.25, 0.3) is 0 Å². The minimum Gasteiger partial charge on any atom is -0.295 e. The molecular formula is C23H27N5. The molecule has 1 aliphatic heterocycles. The summed E-state index contributed by atoms with van der Waals surface area (Å²) >= 11 is 0. The first kappa shape index (κ1) is 18.4. The molecule has 2 heterocycles. The van der Waals surface area contributed by atoms with E-state index in [-0.39, 0.29) is 0 Å². The van der Waals surface area contributed by atoms with Gasteiger partial charge in [-0.3, -0.25) is 15.0 Å². The summed E-state index contributed by atoms with van der Waals surface area (Å²) in [6.07, 6.45) is 0. The number of nitrogens with one attached hydrogen (secondary N) is 1. The van der Waals surface area contributed by atoms with Gasteiger partial charge in [0.05, 0.1) is 5.69 Å². The first-order valence-electron chi connectivity index (χ1n) is 9.88. The fraction of sp³-hybridized carbons (Fsp3) is 0.304. The minimum atomic E-state index is 0.930. The SMILES string of the molecule is Cc1n[nH]c(C)c1C(=NN1CCN(Cc2ccccc2)CC1)c1ccccc1. The Kier molecular flexibility index (Phi) is 5.53. The van der Waals surface area contributed by atoms with Crippen LogP contribution >= 0.6 is 0 Å². The highest BCUT2D eigenvalue weighted by molar-refractivity contribution is 6.14. The maximum atomic E-state index is 5.07. The monoisotopic (exact) mass is 373 g/mol. The lowest BCUT2D eigenvalue weighted by atomic mass is 10.0. The Morgan fingerprint density at radius 2 is 1.57 bits per heavy atom. The summed E-state index contributed by atoms with van der Waals surface area (Å²) in [6.45, 7) is 9.00. The van der Waals surface area contributed by atoms with Gasteiger partial charge in [-0.05, 0) is 19.4 Å². The Morgan fingerprint density at radius 1 is 0.929 bits per heavy atom. The summed E-state index contributed by atoms with van der Waals surface area (Å²) in [5, 5.41) is 14.8. The molecule has 2 aromatic carbocycles. The summed E-state index contributed by atoms with van der Waals surface area (Å²) in [4.78, 5) is 2.50. The number of rotatable bonds is 5. The Morgan fingerprint density at radius 3 is 2.18 bits per heavy atom. The average Bonchev–Trinajstić information content (AvgIpc) is 3.07. The number of nitrogens with zero attached hydrogens (tertiary/aromatic N) is 4. The van der Waals surface area contributed by atoms with Crippen LogP contribution in [0, 0.1) is 13.8 Å². The Balaban J connectivity index is 1.52. The van der Waals surface area contributed by atoms with E-state index in [1.165, 1.54) is 5.56 Å². The number of piperazine rings is 1. The van der Waals surface area contributed by atoms with E-state index in [1.54, 1.807) is 0 Å². The first-order chi connectivity index (χ1) is 13.7. The van der Waals surface area contributed by atoms with Crippen molar-refractivity contribution in [2.24, 2.45) is 5.10 Å². The van der Waals surface area contributed by atoms with E-state index in [4.69, 9.17) is 5.10 Å². The highest BCUT2D eigenvalue weighted by Crippen LogP contribution is 2.18. The summed E-state index contributed by atoms with van der Waals surface area (Å²) in [5.74, 6) is 0. The molecule has 0 amide bonds. The standard InChI is InChI=1S/C23H27N5/c1-18-22(19(2)25-24-18)23(21-11-7-4-8-12-21)26-28-15-13-27(14-16-28)17-20-9-5-3-6-10-20/h3-12H,13-17H2,1-2H3,(H,24,25). The van der Waals surface area contributed by atoms with Gasteiger partial charge in [-0.1, -0.05) is 60.7 Å². The van der Waals surface area contributed by atoms with Crippen molar-refractivity contribution < 1.29 is 0 Å². The molecule has 4 rings (SSSR count). The van der Waals surface area contributed by atoms with Gasteiger partial charge in [-0.2, -0.15) is 10.2 Å². The van der Waals surface area contributed by atoms with Crippen LogP contribution < -0.4 is 0 Å². The maximum absolute atomic E-state index is 5.07. The zero-order chi connectivity index (χ0) is 19.3. The molecule has 1 aliphatic rings. The van der Waals surface area contributed by atoms with E-state index >= 15 is 0 Å². The molecule has 1 N–H and O–H groups in total. The van der Waals surface area contributed by atoms with Crippen LogP contribution in [0.1, 0.15) is 28.1 Å². The molecule has 1 aromatic heterocycles. The number of hydrogen-bond donors (Lipinski definition) is 1. The summed E-state index contributed by atoms with van der Waals surface area (Å²) in [6, 6.07) is 21.1. The molecule has 0 aliphatic carbocycles. The highest BCUT2D eigenvalue weighted by atomic mass is 15.5. The molecule has 1 saturated heterocycles. The number of benzene rings is 2. The van der Waals surface area contributed by atoms with Gasteiger partial charge in [-0.25, -0.2) is 0 Å². The molecule has 144 valence electrons. The van der Waals surface area contributed by atoms with Crippen molar-refractivity contribution in [3.63, 3.8) is 0 Å². The lowest BCUT2D eigenvalue weighted by Gasteiger charge is -2.33. The van der Waals surface area contributed by atoms with Crippen molar-refractivity contribution >= 4 is 5.71 Å². The van der Waals surface area contributed by atoms with Gasteiger partial charge in [-0.15, -0.1) is 0 Å². The Bertz CT molecular complexity index is 903. The molecule has 0 unspecified atom stereocenters. The van der Waals surface area contributed by atoms with Crippen LogP contribution in [-0.4, -0.2) is 52.0 Å². The van der Waals surface area contributed by atoms with Gasteiger partial charge in [0.25, 0.3) is 0 Å². The van der Waals surface area contributed by atoms with E-state index in [9.17, 15) is 0 Å². The zero-order valence-electron chi connectivity index (χ0n) is 16.6. The van der Waals surface area contributed by atoms with E-state index < -0.39 is 0 Å². The maximum Gasteiger partial charge on any atom is 0.101 e. The topological polar surface area (TPSA) is 47.5 Å². The third kappa shape index (κ3) is 4.15. The molecule has 5 nitrogen and oxygen atoms in total. The Hall–Kier alpha value is -2.92. The summed E-state index contributed by atoms with van der Waals surface area (Å²) < 4.78 is 0. The molecule has 3 aromatic rings. The highest BCUT2D eigenvalue weighted by Gasteiger charge is 2.20. The number of aryl methyl sites for hydroxylation is 2. The van der Waals surface area contributed by atoms with Gasteiger partial charge < -0.3 is 0 Å². The third-order valence-corrected chi connectivity index (χ3v) is 5.25. The van der Waals surface area contributed by atoms with Crippen molar-refractivity contribution in [3.05, 3.63) is 88.7 Å². The van der Waals surface area contributed by atoms with Crippen molar-refractivity contribution in [2.45, 2.75) is 20.4 Å². The van der Waals surface area contributed by atoms with E-state index in [0.717, 1.165) is 61.0 Å². The number of hydrazone groups is 1. The third-order valence-electron chi connectivity index (χ3n) is 5.25. The number of hydrogen-bond acceptors (Lipinski definition) is 4. The van der Waals surface area contributed by atoms with Crippen molar-refractivity contribution in [2.75, 3.05) is 26.2 Å². The molecule has 0 saturated carbocycles. The summed E-state index contributed by atoms with van der Waals surface area (Å²) in [5.41, 5.74) is 6.65. The second-order valence-electron chi connectivity index (χ2n) is 7.34. The predicted octanol–water partition coefficient (Wildman–Crippen LogP) is 3.60. The van der Waals surface area contributed by atoms with Gasteiger partial charge >= 0.3 is 0 Å². The van der Waals surface area contributed by atoms with E-state index in [1.807, 2.05) is 13.0 Å². The fourth-order valence-corrected chi connectivity index (χ4v) is 3.73. The van der Waals surface area contributed by atoms with Crippen LogP contribution in [0.2, 0.25) is 0 Å². The van der Waals surface area contributed by atoms with Gasteiger partial charge in [0, 0.05) is 49.5 Å². The summed E-state index contributed by atoms with van der Waals surface area (Å²) in [7, 11) is 0. The van der Waals surface area contributed by atoms with Crippen molar-refractivity contribution in [1.29, 1.82) is 0 Å². The number of aromatic amines is 1. The fourth-order valence-electron chi connectivity index (χ4n) is 3.73. The average molecular weight is 374 g/mol. The molecule has 1 fully saturated rings. The largest absolute Gasteiger partial charge is 0.295 e.